The molecule has 3 fully saturated rings. The van der Waals surface area contributed by atoms with Crippen molar-refractivity contribution in [3.05, 3.63) is 36.0 Å². The Balaban J connectivity index is 1.47. The number of carbonyl (C=O) groups excluding carboxylic acids is 3. The highest BCUT2D eigenvalue weighted by atomic mass is 16.6. The van der Waals surface area contributed by atoms with Gasteiger partial charge >= 0.3 is 0 Å². The predicted molar refractivity (Wildman–Crippen MR) is 134 cm³/mol. The number of hydrogen-bond acceptors (Lipinski definition) is 7. The Bertz CT molecular complexity index is 879. The third-order valence-electron chi connectivity index (χ3n) is 7.10. The van der Waals surface area contributed by atoms with Crippen LogP contribution in [0.4, 0.5) is 0 Å². The van der Waals surface area contributed by atoms with E-state index in [1.165, 1.54) is 6.08 Å². The van der Waals surface area contributed by atoms with E-state index in [1.807, 2.05) is 19.9 Å². The van der Waals surface area contributed by atoms with Gasteiger partial charge < -0.3 is 30.0 Å². The lowest BCUT2D eigenvalue weighted by Crippen LogP contribution is -2.50. The van der Waals surface area contributed by atoms with Gasteiger partial charge in [-0.1, -0.05) is 30.7 Å². The standard InChI is InChI=1S/C27H40N2O7/c1-17(5-8-21-13-27(15-34-27)14-22(36-21)12-25(28)31)6-9-24-18(2)11-23(20(4)35-24)29-26(32)10-7-19(3)33-16-30/h5-8,10,16,18-24H,9,11-15H2,1-4H3,(H2,28,31)(H,29,32)/b8-5+,10-7-,17-6+/t18?,19?,20?,21?,22-,23?,24?,27?/m1/s1. The Morgan fingerprint density at radius 3 is 2.64 bits per heavy atom. The number of rotatable bonds is 11. The van der Waals surface area contributed by atoms with Gasteiger partial charge in [-0.15, -0.1) is 0 Å². The highest BCUT2D eigenvalue weighted by molar-refractivity contribution is 5.87. The fourth-order valence-electron chi connectivity index (χ4n) is 4.93. The fourth-order valence-corrected chi connectivity index (χ4v) is 4.93. The summed E-state index contributed by atoms with van der Waals surface area (Å²) in [5.74, 6) is -0.321. The molecule has 200 valence electrons. The first-order chi connectivity index (χ1) is 17.1. The smallest absolute Gasteiger partial charge is 0.293 e. The van der Waals surface area contributed by atoms with E-state index in [2.05, 4.69) is 24.4 Å². The van der Waals surface area contributed by atoms with Crippen molar-refractivity contribution in [2.45, 2.75) is 102 Å². The number of hydrogen-bond donors (Lipinski definition) is 2. The van der Waals surface area contributed by atoms with Crippen molar-refractivity contribution in [1.82, 2.24) is 5.32 Å². The van der Waals surface area contributed by atoms with Crippen LogP contribution in [0.1, 0.15) is 59.8 Å². The van der Waals surface area contributed by atoms with Gasteiger partial charge in [0.15, 0.2) is 0 Å². The molecule has 2 amide bonds. The van der Waals surface area contributed by atoms with Crippen LogP contribution in [0.25, 0.3) is 0 Å². The molecular weight excluding hydrogens is 464 g/mol. The molecule has 1 spiro atoms. The van der Waals surface area contributed by atoms with Gasteiger partial charge in [-0.25, -0.2) is 0 Å². The Kier molecular flexibility index (Phi) is 9.87. The lowest BCUT2D eigenvalue weighted by atomic mass is 9.88. The van der Waals surface area contributed by atoms with Crippen molar-refractivity contribution >= 4 is 18.3 Å². The number of allylic oxidation sites excluding steroid dienone is 2. The summed E-state index contributed by atoms with van der Waals surface area (Å²) in [7, 11) is 0. The molecule has 36 heavy (non-hydrogen) atoms. The topological polar surface area (TPSA) is 129 Å². The average molecular weight is 505 g/mol. The molecule has 0 aliphatic carbocycles. The molecule has 8 atom stereocenters. The van der Waals surface area contributed by atoms with E-state index in [0.717, 1.165) is 31.3 Å². The van der Waals surface area contributed by atoms with Crippen LogP contribution in [0.15, 0.2) is 36.0 Å². The maximum atomic E-state index is 12.2. The first-order valence-electron chi connectivity index (χ1n) is 12.7. The summed E-state index contributed by atoms with van der Waals surface area (Å²) >= 11 is 0. The SMILES string of the molecule is CC(/C=C/C1CC2(CO2)C[C@@H](CC(N)=O)O1)=C\CC1OC(C)C(NC(=O)/C=C\C(C)OC=O)CC1C. The van der Waals surface area contributed by atoms with Gasteiger partial charge in [0.2, 0.25) is 11.8 Å². The first-order valence-corrected chi connectivity index (χ1v) is 12.7. The largest absolute Gasteiger partial charge is 0.461 e. The zero-order valence-corrected chi connectivity index (χ0v) is 21.7. The molecule has 7 unspecified atom stereocenters. The molecule has 0 aromatic heterocycles. The summed E-state index contributed by atoms with van der Waals surface area (Å²) in [5, 5.41) is 2.99. The van der Waals surface area contributed by atoms with Crippen molar-refractivity contribution in [2.24, 2.45) is 11.7 Å². The van der Waals surface area contributed by atoms with Crippen LogP contribution < -0.4 is 11.1 Å². The molecular formula is C27H40N2O7. The van der Waals surface area contributed by atoms with Crippen molar-refractivity contribution in [3.63, 3.8) is 0 Å². The summed E-state index contributed by atoms with van der Waals surface area (Å²) in [6, 6.07) is -0.0885. The van der Waals surface area contributed by atoms with E-state index in [-0.39, 0.29) is 60.2 Å². The highest BCUT2D eigenvalue weighted by Gasteiger charge is 2.51. The van der Waals surface area contributed by atoms with Gasteiger partial charge in [-0.2, -0.15) is 0 Å². The molecule has 0 bridgehead atoms. The average Bonchev–Trinajstić information content (AvgIpc) is 3.54. The number of nitrogens with two attached hydrogens (primary N) is 1. The second kappa shape index (κ2) is 12.7. The normalized spacial score (nSPS) is 35.6. The maximum absolute atomic E-state index is 12.2. The van der Waals surface area contributed by atoms with E-state index in [1.54, 1.807) is 13.0 Å². The Morgan fingerprint density at radius 2 is 1.97 bits per heavy atom. The molecule has 0 aromatic carbocycles. The van der Waals surface area contributed by atoms with Crippen molar-refractivity contribution in [2.75, 3.05) is 6.61 Å². The Hall–Kier alpha value is -2.49. The zero-order chi connectivity index (χ0) is 26.3. The quantitative estimate of drug-likeness (QED) is 0.191. The van der Waals surface area contributed by atoms with Crippen LogP contribution in [-0.4, -0.2) is 67.1 Å². The molecule has 3 aliphatic rings. The van der Waals surface area contributed by atoms with Gasteiger partial charge in [0.25, 0.3) is 6.47 Å². The molecule has 3 heterocycles. The molecule has 3 rings (SSSR count). The minimum absolute atomic E-state index is 0.0575. The summed E-state index contributed by atoms with van der Waals surface area (Å²) < 4.78 is 22.7. The highest BCUT2D eigenvalue weighted by Crippen LogP contribution is 2.43. The predicted octanol–water partition coefficient (Wildman–Crippen LogP) is 2.49. The fraction of sp³-hybridized carbons (Fsp3) is 0.667. The summed E-state index contributed by atoms with van der Waals surface area (Å²) in [6.07, 6.45) is 11.7. The van der Waals surface area contributed by atoms with Gasteiger partial charge in [-0.05, 0) is 45.6 Å². The molecule has 3 N–H and O–H groups in total. The third kappa shape index (κ3) is 8.57. The van der Waals surface area contributed by atoms with E-state index in [4.69, 9.17) is 24.7 Å². The maximum Gasteiger partial charge on any atom is 0.293 e. The van der Waals surface area contributed by atoms with Crippen LogP contribution in [0.3, 0.4) is 0 Å². The van der Waals surface area contributed by atoms with Gasteiger partial charge in [-0.3, -0.25) is 14.4 Å². The Morgan fingerprint density at radius 1 is 1.22 bits per heavy atom. The van der Waals surface area contributed by atoms with Crippen LogP contribution in [-0.2, 0) is 33.3 Å². The minimum atomic E-state index is -0.454. The number of amides is 2. The number of primary amides is 1. The van der Waals surface area contributed by atoms with Crippen LogP contribution >= 0.6 is 0 Å². The monoisotopic (exact) mass is 504 g/mol. The summed E-state index contributed by atoms with van der Waals surface area (Å²) in [5.41, 5.74) is 6.31. The summed E-state index contributed by atoms with van der Waals surface area (Å²) in [4.78, 5) is 33.9. The first kappa shape index (κ1) is 28.1. The lowest BCUT2D eigenvalue weighted by molar-refractivity contribution is -0.131. The van der Waals surface area contributed by atoms with Crippen molar-refractivity contribution < 1.29 is 33.3 Å². The zero-order valence-electron chi connectivity index (χ0n) is 21.7. The molecule has 0 aromatic rings. The van der Waals surface area contributed by atoms with Crippen molar-refractivity contribution in [3.8, 4) is 0 Å². The summed E-state index contributed by atoms with van der Waals surface area (Å²) in [6.45, 7) is 8.91. The van der Waals surface area contributed by atoms with Gasteiger partial charge in [0, 0.05) is 18.9 Å². The minimum Gasteiger partial charge on any atom is -0.461 e. The number of ether oxygens (including phenoxy) is 4. The molecule has 3 aliphatic heterocycles. The van der Waals surface area contributed by atoms with Gasteiger partial charge in [0.1, 0.15) is 6.10 Å². The number of epoxide rings is 1. The van der Waals surface area contributed by atoms with Crippen molar-refractivity contribution in [1.29, 1.82) is 0 Å². The van der Waals surface area contributed by atoms with Crippen LogP contribution in [0.5, 0.6) is 0 Å². The van der Waals surface area contributed by atoms with E-state index >= 15 is 0 Å². The van der Waals surface area contributed by atoms with E-state index in [9.17, 15) is 14.4 Å². The second-order valence-corrected chi connectivity index (χ2v) is 10.4. The van der Waals surface area contributed by atoms with Crippen LogP contribution in [0.2, 0.25) is 0 Å². The van der Waals surface area contributed by atoms with Crippen LogP contribution in [0, 0.1) is 5.92 Å². The lowest BCUT2D eigenvalue weighted by Gasteiger charge is -2.39. The molecule has 0 saturated carbocycles. The molecule has 9 nitrogen and oxygen atoms in total. The van der Waals surface area contributed by atoms with E-state index < -0.39 is 6.10 Å². The van der Waals surface area contributed by atoms with E-state index in [0.29, 0.717) is 13.1 Å². The molecule has 0 radical (unpaired) electrons. The number of nitrogens with one attached hydrogen (secondary N) is 1. The molecule has 9 heteroatoms. The molecule has 3 saturated heterocycles. The Labute approximate surface area is 213 Å². The second-order valence-electron chi connectivity index (χ2n) is 10.4. The number of carbonyl (C=O) groups is 3. The third-order valence-corrected chi connectivity index (χ3v) is 7.10. The van der Waals surface area contributed by atoms with Gasteiger partial charge in [0.05, 0.1) is 49.1 Å².